The molecule has 0 spiro atoms. The Kier molecular flexibility index (Phi) is 4.22. The van der Waals surface area contributed by atoms with Gasteiger partial charge in [0.05, 0.1) is 11.4 Å². The molecule has 0 amide bonds. The molecule has 4 nitrogen and oxygen atoms in total. The van der Waals surface area contributed by atoms with E-state index in [2.05, 4.69) is 20.7 Å². The van der Waals surface area contributed by atoms with Crippen molar-refractivity contribution >= 4 is 48.9 Å². The van der Waals surface area contributed by atoms with Gasteiger partial charge in [0.1, 0.15) is 10.7 Å². The zero-order valence-electron chi connectivity index (χ0n) is 9.90. The van der Waals surface area contributed by atoms with Crippen LogP contribution in [0.15, 0.2) is 45.8 Å². The topological polar surface area (TPSA) is 72.2 Å². The van der Waals surface area contributed by atoms with Gasteiger partial charge in [0.15, 0.2) is 0 Å². The molecule has 106 valence electrons. The molecule has 20 heavy (non-hydrogen) atoms. The molecule has 0 aliphatic carbocycles. The smallest absolute Gasteiger partial charge is 0.264 e. The van der Waals surface area contributed by atoms with E-state index in [-0.39, 0.29) is 20.7 Å². The molecular weight excluding hydrogens is 371 g/mol. The van der Waals surface area contributed by atoms with Gasteiger partial charge in [0.25, 0.3) is 10.0 Å². The van der Waals surface area contributed by atoms with Gasteiger partial charge in [-0.3, -0.25) is 4.72 Å². The van der Waals surface area contributed by atoms with Crippen molar-refractivity contribution in [3.05, 3.63) is 51.7 Å². The standard InChI is InChI=1S/C12H9BrClFN2O2S/c13-8-2-1-3-9(15)12(8)17-20(18,19)11-5-4-7(14)6-10(11)16/h1-6,17H,16H2. The minimum absolute atomic E-state index is 0.0162. The summed E-state index contributed by atoms with van der Waals surface area (Å²) in [6.07, 6.45) is 0. The van der Waals surface area contributed by atoms with Gasteiger partial charge in [-0.25, -0.2) is 12.8 Å². The number of rotatable bonds is 3. The Hall–Kier alpha value is -1.31. The SMILES string of the molecule is Nc1cc(Cl)ccc1S(=O)(=O)Nc1c(F)cccc1Br. The van der Waals surface area contributed by atoms with Crippen molar-refractivity contribution in [1.82, 2.24) is 0 Å². The Bertz CT molecular complexity index is 748. The lowest BCUT2D eigenvalue weighted by Gasteiger charge is -2.12. The second-order valence-corrected chi connectivity index (χ2v) is 6.83. The quantitative estimate of drug-likeness (QED) is 0.800. The first kappa shape index (κ1) is 15.1. The first-order valence-electron chi connectivity index (χ1n) is 5.33. The number of hydrogen-bond donors (Lipinski definition) is 2. The van der Waals surface area contributed by atoms with E-state index in [9.17, 15) is 12.8 Å². The number of nitrogens with two attached hydrogens (primary N) is 1. The molecule has 0 atom stereocenters. The first-order valence-corrected chi connectivity index (χ1v) is 7.98. The Morgan fingerprint density at radius 2 is 1.95 bits per heavy atom. The summed E-state index contributed by atoms with van der Waals surface area (Å²) in [6, 6.07) is 8.08. The van der Waals surface area contributed by atoms with E-state index in [1.165, 1.54) is 30.3 Å². The molecule has 8 heteroatoms. The maximum absolute atomic E-state index is 13.7. The summed E-state index contributed by atoms with van der Waals surface area (Å²) in [7, 11) is -4.01. The number of sulfonamides is 1. The molecule has 0 aliphatic heterocycles. The molecule has 0 heterocycles. The van der Waals surface area contributed by atoms with E-state index in [0.29, 0.717) is 5.02 Å². The summed E-state index contributed by atoms with van der Waals surface area (Å²) in [6.45, 7) is 0. The molecule has 3 N–H and O–H groups in total. The van der Waals surface area contributed by atoms with E-state index in [4.69, 9.17) is 17.3 Å². The molecule has 0 saturated carbocycles. The number of halogens is 3. The normalized spacial score (nSPS) is 11.3. The Labute approximate surface area is 128 Å². The van der Waals surface area contributed by atoms with Crippen LogP contribution in [0.25, 0.3) is 0 Å². The highest BCUT2D eigenvalue weighted by atomic mass is 79.9. The van der Waals surface area contributed by atoms with Crippen LogP contribution in [0.2, 0.25) is 5.02 Å². The van der Waals surface area contributed by atoms with Crippen molar-refractivity contribution in [2.45, 2.75) is 4.90 Å². The Morgan fingerprint density at radius 3 is 2.55 bits per heavy atom. The molecule has 0 unspecified atom stereocenters. The molecular formula is C12H9BrClFN2O2S. The molecule has 2 aromatic rings. The van der Waals surface area contributed by atoms with E-state index >= 15 is 0 Å². The van der Waals surface area contributed by atoms with Gasteiger partial charge in [-0.05, 0) is 46.3 Å². The number of anilines is 2. The third kappa shape index (κ3) is 3.05. The van der Waals surface area contributed by atoms with Gasteiger partial charge in [0.2, 0.25) is 0 Å². The fourth-order valence-electron chi connectivity index (χ4n) is 1.55. The van der Waals surface area contributed by atoms with E-state index in [1.807, 2.05) is 0 Å². The Morgan fingerprint density at radius 1 is 1.25 bits per heavy atom. The average molecular weight is 380 g/mol. The summed E-state index contributed by atoms with van der Waals surface area (Å²) < 4.78 is 40.5. The lowest BCUT2D eigenvalue weighted by molar-refractivity contribution is 0.598. The highest BCUT2D eigenvalue weighted by Crippen LogP contribution is 2.29. The van der Waals surface area contributed by atoms with Crippen LogP contribution >= 0.6 is 27.5 Å². The van der Waals surface area contributed by atoms with Crippen LogP contribution in [-0.4, -0.2) is 8.42 Å². The van der Waals surface area contributed by atoms with Crippen molar-refractivity contribution in [2.75, 3.05) is 10.5 Å². The van der Waals surface area contributed by atoms with E-state index in [1.54, 1.807) is 0 Å². The summed E-state index contributed by atoms with van der Waals surface area (Å²) in [5, 5.41) is 0.313. The summed E-state index contributed by atoms with van der Waals surface area (Å²) >= 11 is 8.80. The van der Waals surface area contributed by atoms with Gasteiger partial charge in [-0.1, -0.05) is 17.7 Å². The van der Waals surface area contributed by atoms with Gasteiger partial charge < -0.3 is 5.73 Å². The molecule has 0 radical (unpaired) electrons. The number of hydrogen-bond acceptors (Lipinski definition) is 3. The number of nitrogen functional groups attached to an aromatic ring is 1. The van der Waals surface area contributed by atoms with Crippen LogP contribution in [0.4, 0.5) is 15.8 Å². The third-order valence-corrected chi connectivity index (χ3v) is 4.78. The van der Waals surface area contributed by atoms with Crippen LogP contribution in [0.3, 0.4) is 0 Å². The third-order valence-electron chi connectivity index (χ3n) is 2.46. The predicted octanol–water partition coefficient (Wildman–Crippen LogP) is 3.62. The van der Waals surface area contributed by atoms with Gasteiger partial charge >= 0.3 is 0 Å². The van der Waals surface area contributed by atoms with Crippen LogP contribution in [0.5, 0.6) is 0 Å². The van der Waals surface area contributed by atoms with Crippen molar-refractivity contribution < 1.29 is 12.8 Å². The lowest BCUT2D eigenvalue weighted by Crippen LogP contribution is -2.16. The molecule has 0 saturated heterocycles. The Balaban J connectivity index is 2.46. The zero-order chi connectivity index (χ0) is 14.9. The second-order valence-electron chi connectivity index (χ2n) is 3.88. The van der Waals surface area contributed by atoms with E-state index < -0.39 is 15.8 Å². The van der Waals surface area contributed by atoms with Crippen LogP contribution in [-0.2, 0) is 10.0 Å². The minimum atomic E-state index is -4.01. The molecule has 0 aromatic heterocycles. The van der Waals surface area contributed by atoms with Gasteiger partial charge in [-0.15, -0.1) is 0 Å². The maximum Gasteiger partial charge on any atom is 0.264 e. The summed E-state index contributed by atoms with van der Waals surface area (Å²) in [5.74, 6) is -0.699. The highest BCUT2D eigenvalue weighted by Gasteiger charge is 2.20. The average Bonchev–Trinajstić information content (AvgIpc) is 2.33. The number of nitrogens with one attached hydrogen (secondary N) is 1. The first-order chi connectivity index (χ1) is 9.31. The van der Waals surface area contributed by atoms with Gasteiger partial charge in [-0.2, -0.15) is 0 Å². The highest BCUT2D eigenvalue weighted by molar-refractivity contribution is 9.10. The van der Waals surface area contributed by atoms with Crippen molar-refractivity contribution in [2.24, 2.45) is 0 Å². The summed E-state index contributed by atoms with van der Waals surface area (Å²) in [4.78, 5) is -0.169. The molecule has 2 rings (SSSR count). The van der Waals surface area contributed by atoms with Gasteiger partial charge in [0, 0.05) is 9.50 Å². The lowest BCUT2D eigenvalue weighted by atomic mass is 10.3. The predicted molar refractivity (Wildman–Crippen MR) is 80.8 cm³/mol. The molecule has 0 aliphatic rings. The summed E-state index contributed by atoms with van der Waals surface area (Å²) in [5.41, 5.74) is 5.43. The van der Waals surface area contributed by atoms with Crippen LogP contribution < -0.4 is 10.5 Å². The molecule has 0 bridgehead atoms. The fraction of sp³-hybridized carbons (Fsp3) is 0. The minimum Gasteiger partial charge on any atom is -0.398 e. The van der Waals surface area contributed by atoms with Crippen molar-refractivity contribution in [3.8, 4) is 0 Å². The zero-order valence-corrected chi connectivity index (χ0v) is 13.1. The van der Waals surface area contributed by atoms with Crippen LogP contribution in [0.1, 0.15) is 0 Å². The fourth-order valence-corrected chi connectivity index (χ4v) is 3.50. The molecule has 0 fully saturated rings. The second kappa shape index (κ2) is 5.59. The molecule has 2 aromatic carbocycles. The number of benzene rings is 2. The maximum atomic E-state index is 13.7. The van der Waals surface area contributed by atoms with Crippen molar-refractivity contribution in [1.29, 1.82) is 0 Å². The number of para-hydroxylation sites is 1. The van der Waals surface area contributed by atoms with E-state index in [0.717, 1.165) is 6.07 Å². The van der Waals surface area contributed by atoms with Crippen LogP contribution in [0, 0.1) is 5.82 Å². The van der Waals surface area contributed by atoms with Crippen molar-refractivity contribution in [3.63, 3.8) is 0 Å². The monoisotopic (exact) mass is 378 g/mol. The largest absolute Gasteiger partial charge is 0.398 e.